The predicted octanol–water partition coefficient (Wildman–Crippen LogP) is 10.4. The van der Waals surface area contributed by atoms with Gasteiger partial charge in [0, 0.05) is 22.0 Å². The fourth-order valence-electron chi connectivity index (χ4n) is 5.51. The van der Waals surface area contributed by atoms with Crippen LogP contribution in [0.25, 0.3) is 44.2 Å². The van der Waals surface area contributed by atoms with E-state index in [1.165, 1.54) is 5.56 Å². The zero-order chi connectivity index (χ0) is 26.9. The van der Waals surface area contributed by atoms with Crippen LogP contribution in [0.15, 0.2) is 150 Å². The summed E-state index contributed by atoms with van der Waals surface area (Å²) in [5.74, 6) is 0.800. The molecule has 40 heavy (non-hydrogen) atoms. The monoisotopic (exact) mass is 517 g/mol. The highest BCUT2D eigenvalue weighted by atomic mass is 16.5. The predicted molar refractivity (Wildman–Crippen MR) is 166 cm³/mol. The normalized spacial score (nSPS) is 11.1. The van der Waals surface area contributed by atoms with Crippen molar-refractivity contribution in [3.05, 3.63) is 146 Å². The molecule has 192 valence electrons. The highest BCUT2D eigenvalue weighted by Crippen LogP contribution is 2.47. The third-order valence-electron chi connectivity index (χ3n) is 7.38. The van der Waals surface area contributed by atoms with Gasteiger partial charge in [-0.05, 0) is 47.0 Å². The van der Waals surface area contributed by atoms with E-state index in [1.54, 1.807) is 7.11 Å². The molecule has 0 spiro atoms. The maximum absolute atomic E-state index is 6.51. The number of hydrogen-bond donors (Lipinski definition) is 0. The summed E-state index contributed by atoms with van der Waals surface area (Å²) in [6, 6.07) is 50.3. The smallest absolute Gasteiger partial charge is 0.159 e. The average molecular weight is 518 g/mol. The molecule has 0 fully saturated rings. The van der Waals surface area contributed by atoms with Crippen LogP contribution in [-0.2, 0) is 0 Å². The van der Waals surface area contributed by atoms with E-state index in [0.717, 1.165) is 61.4 Å². The van der Waals surface area contributed by atoms with Gasteiger partial charge in [-0.15, -0.1) is 0 Å². The van der Waals surface area contributed by atoms with Crippen LogP contribution >= 0.6 is 0 Å². The lowest BCUT2D eigenvalue weighted by atomic mass is 10.0. The van der Waals surface area contributed by atoms with Gasteiger partial charge >= 0.3 is 0 Å². The number of anilines is 3. The van der Waals surface area contributed by atoms with Crippen LogP contribution in [0.2, 0.25) is 0 Å². The molecule has 0 N–H and O–H groups in total. The largest absolute Gasteiger partial charge is 0.494 e. The van der Waals surface area contributed by atoms with Gasteiger partial charge in [-0.1, -0.05) is 115 Å². The van der Waals surface area contributed by atoms with E-state index in [9.17, 15) is 0 Å². The molecule has 1 heterocycles. The lowest BCUT2D eigenvalue weighted by Crippen LogP contribution is -2.12. The SMILES string of the molecule is COc1c(-c2ccccc2)cccc1N(c1ccc(-c2ccccc2)cc1)c1cccc2c1oc1ccccc12. The van der Waals surface area contributed by atoms with Crippen LogP contribution in [0.1, 0.15) is 0 Å². The standard InChI is InChI=1S/C37H27NO2/c1-39-36-30(28-14-6-3-7-15-28)17-10-19-33(36)38(29-24-22-27(23-25-29)26-12-4-2-5-13-26)34-20-11-18-32-31-16-8-9-21-35(31)40-37(32)34/h2-25H,1H3. The quantitative estimate of drug-likeness (QED) is 0.219. The molecule has 1 aromatic heterocycles. The summed E-state index contributed by atoms with van der Waals surface area (Å²) in [6.07, 6.45) is 0. The fourth-order valence-corrected chi connectivity index (χ4v) is 5.51. The molecule has 7 aromatic rings. The summed E-state index contributed by atoms with van der Waals surface area (Å²) in [4.78, 5) is 2.24. The second-order valence-electron chi connectivity index (χ2n) is 9.72. The molecule has 0 aliphatic carbocycles. The molecule has 0 radical (unpaired) electrons. The van der Waals surface area contributed by atoms with Crippen LogP contribution in [0.3, 0.4) is 0 Å². The summed E-state index contributed by atoms with van der Waals surface area (Å²) >= 11 is 0. The van der Waals surface area contributed by atoms with Gasteiger partial charge in [0.15, 0.2) is 11.3 Å². The Kier molecular flexibility index (Phi) is 6.02. The van der Waals surface area contributed by atoms with Crippen LogP contribution in [-0.4, -0.2) is 7.11 Å². The van der Waals surface area contributed by atoms with Gasteiger partial charge in [-0.2, -0.15) is 0 Å². The number of para-hydroxylation sites is 3. The molecular weight excluding hydrogens is 490 g/mol. The van der Waals surface area contributed by atoms with Crippen molar-refractivity contribution >= 4 is 39.0 Å². The summed E-state index contributed by atoms with van der Waals surface area (Å²) < 4.78 is 12.7. The van der Waals surface area contributed by atoms with Crippen molar-refractivity contribution in [2.75, 3.05) is 12.0 Å². The van der Waals surface area contributed by atoms with E-state index in [-0.39, 0.29) is 0 Å². The molecule has 0 unspecified atom stereocenters. The van der Waals surface area contributed by atoms with Crippen molar-refractivity contribution in [2.45, 2.75) is 0 Å². The second kappa shape index (κ2) is 10.1. The summed E-state index contributed by atoms with van der Waals surface area (Å²) in [5, 5.41) is 2.18. The van der Waals surface area contributed by atoms with Gasteiger partial charge < -0.3 is 14.1 Å². The van der Waals surface area contributed by atoms with Gasteiger partial charge in [-0.3, -0.25) is 0 Å². The third kappa shape index (κ3) is 4.09. The van der Waals surface area contributed by atoms with E-state index < -0.39 is 0 Å². The van der Waals surface area contributed by atoms with Crippen molar-refractivity contribution in [1.29, 1.82) is 0 Å². The van der Waals surface area contributed by atoms with E-state index >= 15 is 0 Å². The van der Waals surface area contributed by atoms with Crippen molar-refractivity contribution < 1.29 is 9.15 Å². The first-order valence-corrected chi connectivity index (χ1v) is 13.4. The van der Waals surface area contributed by atoms with Crippen molar-refractivity contribution in [2.24, 2.45) is 0 Å². The van der Waals surface area contributed by atoms with Crippen LogP contribution in [0, 0.1) is 0 Å². The molecule has 3 heteroatoms. The fraction of sp³-hybridized carbons (Fsp3) is 0.0270. The zero-order valence-corrected chi connectivity index (χ0v) is 22.1. The van der Waals surface area contributed by atoms with Gasteiger partial charge in [0.05, 0.1) is 18.5 Å². The Hall–Kier alpha value is -5.28. The van der Waals surface area contributed by atoms with Gasteiger partial charge in [0.1, 0.15) is 5.58 Å². The molecule has 3 nitrogen and oxygen atoms in total. The Bertz CT molecular complexity index is 1920. The van der Waals surface area contributed by atoms with Crippen LogP contribution < -0.4 is 9.64 Å². The summed E-state index contributed by atoms with van der Waals surface area (Å²) in [6.45, 7) is 0. The van der Waals surface area contributed by atoms with E-state index in [2.05, 4.69) is 126 Å². The first-order chi connectivity index (χ1) is 19.8. The highest BCUT2D eigenvalue weighted by molar-refractivity contribution is 6.10. The third-order valence-corrected chi connectivity index (χ3v) is 7.38. The van der Waals surface area contributed by atoms with Gasteiger partial charge in [-0.25, -0.2) is 0 Å². The number of benzene rings is 6. The highest BCUT2D eigenvalue weighted by Gasteiger charge is 2.23. The van der Waals surface area contributed by atoms with Crippen LogP contribution in [0.5, 0.6) is 5.75 Å². The Balaban J connectivity index is 1.47. The van der Waals surface area contributed by atoms with E-state index in [4.69, 9.17) is 9.15 Å². The van der Waals surface area contributed by atoms with E-state index in [1.807, 2.05) is 24.3 Å². The molecule has 6 aromatic carbocycles. The topological polar surface area (TPSA) is 25.6 Å². The van der Waals surface area contributed by atoms with Crippen molar-refractivity contribution in [3.8, 4) is 28.0 Å². The molecule has 7 rings (SSSR count). The second-order valence-corrected chi connectivity index (χ2v) is 9.72. The zero-order valence-electron chi connectivity index (χ0n) is 22.1. The number of methoxy groups -OCH3 is 1. The Morgan fingerprint density at radius 2 is 1.10 bits per heavy atom. The molecule has 0 aliphatic heterocycles. The first-order valence-electron chi connectivity index (χ1n) is 13.4. The van der Waals surface area contributed by atoms with Gasteiger partial charge in [0.25, 0.3) is 0 Å². The number of furan rings is 1. The maximum atomic E-state index is 6.51. The van der Waals surface area contributed by atoms with Crippen molar-refractivity contribution in [1.82, 2.24) is 0 Å². The number of ether oxygens (including phenoxy) is 1. The minimum absolute atomic E-state index is 0.800. The number of rotatable bonds is 6. The number of hydrogen-bond acceptors (Lipinski definition) is 3. The summed E-state index contributed by atoms with van der Waals surface area (Å²) in [7, 11) is 1.74. The molecular formula is C37H27NO2. The Labute approximate surface area is 233 Å². The van der Waals surface area contributed by atoms with Gasteiger partial charge in [0.2, 0.25) is 0 Å². The average Bonchev–Trinajstić information content (AvgIpc) is 3.42. The van der Waals surface area contributed by atoms with Crippen molar-refractivity contribution in [3.63, 3.8) is 0 Å². The molecule has 0 saturated heterocycles. The first kappa shape index (κ1) is 23.8. The summed E-state index contributed by atoms with van der Waals surface area (Å²) in [5.41, 5.74) is 9.08. The van der Waals surface area contributed by atoms with E-state index in [0.29, 0.717) is 0 Å². The minimum Gasteiger partial charge on any atom is -0.494 e. The lowest BCUT2D eigenvalue weighted by molar-refractivity contribution is 0.417. The molecule has 0 atom stereocenters. The molecule has 0 saturated carbocycles. The Morgan fingerprint density at radius 1 is 0.500 bits per heavy atom. The number of nitrogens with zero attached hydrogens (tertiary/aromatic N) is 1. The molecule has 0 aliphatic rings. The Morgan fingerprint density at radius 3 is 1.85 bits per heavy atom. The minimum atomic E-state index is 0.800. The maximum Gasteiger partial charge on any atom is 0.159 e. The van der Waals surface area contributed by atoms with Crippen LogP contribution in [0.4, 0.5) is 17.1 Å². The molecule has 0 amide bonds. The molecule has 0 bridgehead atoms. The number of fused-ring (bicyclic) bond motifs is 3. The lowest BCUT2D eigenvalue weighted by Gasteiger charge is -2.28.